The van der Waals surface area contributed by atoms with Crippen LogP contribution in [0.15, 0.2) is 24.5 Å². The van der Waals surface area contributed by atoms with Crippen molar-refractivity contribution < 1.29 is 18.5 Å². The summed E-state index contributed by atoms with van der Waals surface area (Å²) in [7, 11) is 0. The van der Waals surface area contributed by atoms with E-state index in [9.17, 15) is 23.7 Å². The molecule has 1 N–H and O–H groups in total. The predicted octanol–water partition coefficient (Wildman–Crippen LogP) is 2.57. The maximum atomic E-state index is 13.8. The molecule has 0 saturated carbocycles. The maximum absolute atomic E-state index is 13.8. The second-order valence-corrected chi connectivity index (χ2v) is 4.08. The predicted molar refractivity (Wildman–Crippen MR) is 68.0 cm³/mol. The molecule has 0 unspecified atom stereocenters. The van der Waals surface area contributed by atoms with Crippen LogP contribution in [0.4, 0.5) is 20.3 Å². The third kappa shape index (κ3) is 3.08. The number of anilines is 1. The Morgan fingerprint density at radius 3 is 2.57 bits per heavy atom. The first-order chi connectivity index (χ1) is 9.90. The number of hydrogen-bond acceptors (Lipinski definition) is 5. The van der Waals surface area contributed by atoms with Gasteiger partial charge in [0, 0.05) is 6.07 Å². The lowest BCUT2D eigenvalue weighted by atomic mass is 10.1. The van der Waals surface area contributed by atoms with Crippen LogP contribution >= 0.6 is 11.6 Å². The molecular formula is C11H5ClF2N4O3. The van der Waals surface area contributed by atoms with Crippen molar-refractivity contribution >= 4 is 29.0 Å². The molecule has 0 fully saturated rings. The summed E-state index contributed by atoms with van der Waals surface area (Å²) in [6.45, 7) is 0. The highest BCUT2D eigenvalue weighted by Crippen LogP contribution is 2.23. The maximum Gasteiger partial charge on any atom is 0.305 e. The van der Waals surface area contributed by atoms with Gasteiger partial charge in [-0.05, 0) is 6.07 Å². The molecule has 0 spiro atoms. The summed E-state index contributed by atoms with van der Waals surface area (Å²) in [5, 5.41) is 12.7. The lowest BCUT2D eigenvalue weighted by molar-refractivity contribution is -0.387. The minimum absolute atomic E-state index is 0.0562. The molecule has 0 aliphatic rings. The van der Waals surface area contributed by atoms with Crippen LogP contribution in [0.3, 0.4) is 0 Å². The lowest BCUT2D eigenvalue weighted by Crippen LogP contribution is -2.17. The molecule has 0 atom stereocenters. The van der Waals surface area contributed by atoms with Crippen molar-refractivity contribution in [3.05, 3.63) is 57.0 Å². The molecule has 10 heteroatoms. The smallest absolute Gasteiger partial charge is 0.305 e. The highest BCUT2D eigenvalue weighted by Gasteiger charge is 2.26. The number of carbonyl (C=O) groups is 1. The molecule has 2 aromatic rings. The third-order valence-corrected chi connectivity index (χ3v) is 2.55. The molecule has 0 aliphatic carbocycles. The largest absolute Gasteiger partial charge is 0.305 e. The number of nitrogens with one attached hydrogen (secondary N) is 1. The summed E-state index contributed by atoms with van der Waals surface area (Å²) in [6.07, 6.45) is 2.17. The summed E-state index contributed by atoms with van der Waals surface area (Å²) in [5.74, 6) is -4.16. The number of hydrogen-bond donors (Lipinski definition) is 1. The molecule has 0 radical (unpaired) electrons. The Kier molecular flexibility index (Phi) is 4.03. The van der Waals surface area contributed by atoms with E-state index in [0.29, 0.717) is 12.1 Å². The summed E-state index contributed by atoms with van der Waals surface area (Å²) in [6, 6.07) is 1.26. The summed E-state index contributed by atoms with van der Waals surface area (Å²) in [5.41, 5.74) is -2.09. The summed E-state index contributed by atoms with van der Waals surface area (Å²) < 4.78 is 27.3. The van der Waals surface area contributed by atoms with Crippen LogP contribution in [0.25, 0.3) is 0 Å². The number of benzene rings is 1. The highest BCUT2D eigenvalue weighted by atomic mass is 35.5. The van der Waals surface area contributed by atoms with Crippen LogP contribution in [0, 0.1) is 21.7 Å². The molecule has 1 heterocycles. The molecule has 1 aromatic carbocycles. The van der Waals surface area contributed by atoms with Gasteiger partial charge in [-0.15, -0.1) is 0 Å². The van der Waals surface area contributed by atoms with Crippen molar-refractivity contribution in [1.29, 1.82) is 0 Å². The fraction of sp³-hybridized carbons (Fsp3) is 0. The molecule has 0 aliphatic heterocycles. The molecule has 2 rings (SSSR count). The van der Waals surface area contributed by atoms with E-state index in [1.807, 2.05) is 0 Å². The second kappa shape index (κ2) is 5.75. The first-order valence-electron chi connectivity index (χ1n) is 5.31. The van der Waals surface area contributed by atoms with Crippen LogP contribution in [-0.4, -0.2) is 20.8 Å². The van der Waals surface area contributed by atoms with Crippen molar-refractivity contribution in [3.8, 4) is 0 Å². The van der Waals surface area contributed by atoms with Gasteiger partial charge in [-0.1, -0.05) is 11.6 Å². The van der Waals surface area contributed by atoms with E-state index in [-0.39, 0.29) is 11.0 Å². The fourth-order valence-corrected chi connectivity index (χ4v) is 1.54. The Morgan fingerprint density at radius 2 is 2.00 bits per heavy atom. The van der Waals surface area contributed by atoms with Crippen LogP contribution < -0.4 is 5.32 Å². The van der Waals surface area contributed by atoms with E-state index in [2.05, 4.69) is 15.3 Å². The van der Waals surface area contributed by atoms with Gasteiger partial charge >= 0.3 is 5.69 Å². The number of rotatable bonds is 3. The van der Waals surface area contributed by atoms with Crippen LogP contribution in [0.1, 0.15) is 10.4 Å². The molecule has 0 saturated heterocycles. The van der Waals surface area contributed by atoms with Gasteiger partial charge in [-0.2, -0.15) is 4.39 Å². The SMILES string of the molecule is O=C(Nc1cnc(Cl)cn1)c1c(F)ccc([N+](=O)[O-])c1F. The molecule has 108 valence electrons. The molecule has 7 nitrogen and oxygen atoms in total. The molecule has 0 bridgehead atoms. The Bertz CT molecular complexity index is 724. The average Bonchev–Trinajstić information content (AvgIpc) is 2.41. The number of halogens is 3. The standard InChI is InChI=1S/C11H5ClF2N4O3/c12-7-3-16-8(4-15-7)17-11(19)9-5(13)1-2-6(10(9)14)18(20)21/h1-4H,(H,16,17,19). The van der Waals surface area contributed by atoms with Gasteiger partial charge < -0.3 is 5.32 Å². The molecular weight excluding hydrogens is 310 g/mol. The van der Waals surface area contributed by atoms with Gasteiger partial charge in [-0.25, -0.2) is 14.4 Å². The van der Waals surface area contributed by atoms with Gasteiger partial charge in [0.1, 0.15) is 16.5 Å². The second-order valence-electron chi connectivity index (χ2n) is 3.69. The number of nitro benzene ring substituents is 1. The number of carbonyl (C=O) groups excluding carboxylic acids is 1. The Labute approximate surface area is 120 Å². The molecule has 1 aromatic heterocycles. The minimum Gasteiger partial charge on any atom is -0.305 e. The van der Waals surface area contributed by atoms with Crippen molar-refractivity contribution in [3.63, 3.8) is 0 Å². The summed E-state index contributed by atoms with van der Waals surface area (Å²) in [4.78, 5) is 28.6. The number of nitrogens with zero attached hydrogens (tertiary/aromatic N) is 3. The van der Waals surface area contributed by atoms with Gasteiger partial charge in [0.25, 0.3) is 5.91 Å². The first-order valence-corrected chi connectivity index (χ1v) is 5.69. The minimum atomic E-state index is -1.57. The van der Waals surface area contributed by atoms with Gasteiger partial charge in [0.15, 0.2) is 5.82 Å². The van der Waals surface area contributed by atoms with Crippen molar-refractivity contribution in [2.24, 2.45) is 0 Å². The van der Waals surface area contributed by atoms with Crippen molar-refractivity contribution in [1.82, 2.24) is 9.97 Å². The van der Waals surface area contributed by atoms with Crippen molar-refractivity contribution in [2.45, 2.75) is 0 Å². The van der Waals surface area contributed by atoms with Crippen LogP contribution in [0.2, 0.25) is 5.15 Å². The normalized spacial score (nSPS) is 10.2. The number of amides is 1. The zero-order valence-electron chi connectivity index (χ0n) is 10.0. The zero-order chi connectivity index (χ0) is 15.6. The summed E-state index contributed by atoms with van der Waals surface area (Å²) >= 11 is 5.49. The monoisotopic (exact) mass is 314 g/mol. The van der Waals surface area contributed by atoms with E-state index < -0.39 is 33.7 Å². The van der Waals surface area contributed by atoms with Crippen LogP contribution in [-0.2, 0) is 0 Å². The lowest BCUT2D eigenvalue weighted by Gasteiger charge is -2.06. The quantitative estimate of drug-likeness (QED) is 0.693. The third-order valence-electron chi connectivity index (χ3n) is 2.36. The van der Waals surface area contributed by atoms with Crippen LogP contribution in [0.5, 0.6) is 0 Å². The zero-order valence-corrected chi connectivity index (χ0v) is 10.8. The van der Waals surface area contributed by atoms with Gasteiger partial charge in [-0.3, -0.25) is 14.9 Å². The Morgan fingerprint density at radius 1 is 1.29 bits per heavy atom. The van der Waals surface area contributed by atoms with E-state index in [1.165, 1.54) is 0 Å². The fourth-order valence-electron chi connectivity index (χ4n) is 1.45. The average molecular weight is 315 g/mol. The van der Waals surface area contributed by atoms with E-state index in [4.69, 9.17) is 11.6 Å². The van der Waals surface area contributed by atoms with Gasteiger partial charge in [0.05, 0.1) is 17.3 Å². The van der Waals surface area contributed by atoms with E-state index >= 15 is 0 Å². The Hall–Kier alpha value is -2.68. The topological polar surface area (TPSA) is 98.0 Å². The molecule has 21 heavy (non-hydrogen) atoms. The Balaban J connectivity index is 2.37. The van der Waals surface area contributed by atoms with Gasteiger partial charge in [0.2, 0.25) is 5.82 Å². The number of nitro groups is 1. The highest BCUT2D eigenvalue weighted by molar-refractivity contribution is 6.29. The molecule has 1 amide bonds. The van der Waals surface area contributed by atoms with E-state index in [0.717, 1.165) is 12.4 Å². The van der Waals surface area contributed by atoms with Crippen molar-refractivity contribution in [2.75, 3.05) is 5.32 Å². The van der Waals surface area contributed by atoms with E-state index in [1.54, 1.807) is 0 Å². The first kappa shape index (κ1) is 14.7. The number of aromatic nitrogens is 2.